The summed E-state index contributed by atoms with van der Waals surface area (Å²) in [5.41, 5.74) is 1.06. The Hall–Kier alpha value is -2.54. The lowest BCUT2D eigenvalue weighted by Gasteiger charge is -2.36. The van der Waals surface area contributed by atoms with Gasteiger partial charge in [0.25, 0.3) is 0 Å². The summed E-state index contributed by atoms with van der Waals surface area (Å²) < 4.78 is 5.40. The highest BCUT2D eigenvalue weighted by Gasteiger charge is 2.21. The number of rotatable bonds is 6. The van der Waals surface area contributed by atoms with Crippen LogP contribution in [0.1, 0.15) is 0 Å². The van der Waals surface area contributed by atoms with E-state index in [1.807, 2.05) is 29.2 Å². The number of para-hydroxylation sites is 2. The number of nitrogens with one attached hydrogen (secondary N) is 2. The van der Waals surface area contributed by atoms with Crippen LogP contribution in [0.25, 0.3) is 0 Å². The minimum Gasteiger partial charge on any atom is -0.495 e. The maximum Gasteiger partial charge on any atom is 0.321 e. The van der Waals surface area contributed by atoms with Crippen LogP contribution >= 0.6 is 0 Å². The van der Waals surface area contributed by atoms with Crippen molar-refractivity contribution >= 4 is 17.6 Å². The molecule has 24 heavy (non-hydrogen) atoms. The molecule has 2 N–H and O–H groups in total. The van der Waals surface area contributed by atoms with Gasteiger partial charge in [-0.15, -0.1) is 6.58 Å². The summed E-state index contributed by atoms with van der Waals surface area (Å²) in [6.45, 7) is 7.14. The molecule has 7 nitrogen and oxygen atoms in total. The first kappa shape index (κ1) is 17.8. The van der Waals surface area contributed by atoms with Gasteiger partial charge in [0.05, 0.1) is 19.3 Å². The van der Waals surface area contributed by atoms with Gasteiger partial charge in [0, 0.05) is 32.7 Å². The number of ether oxygens (including phenoxy) is 1. The van der Waals surface area contributed by atoms with Gasteiger partial charge in [-0.2, -0.15) is 0 Å². The van der Waals surface area contributed by atoms with Gasteiger partial charge in [-0.05, 0) is 12.1 Å². The summed E-state index contributed by atoms with van der Waals surface area (Å²) in [5.74, 6) is 0.546. The van der Waals surface area contributed by atoms with Crippen LogP contribution in [0.15, 0.2) is 36.9 Å². The second-order valence-corrected chi connectivity index (χ2v) is 5.48. The van der Waals surface area contributed by atoms with E-state index in [4.69, 9.17) is 4.74 Å². The van der Waals surface area contributed by atoms with Crippen molar-refractivity contribution < 1.29 is 14.3 Å². The Morgan fingerprint density at radius 3 is 2.62 bits per heavy atom. The monoisotopic (exact) mass is 332 g/mol. The number of nitrogens with zero attached hydrogens (tertiary/aromatic N) is 2. The summed E-state index contributed by atoms with van der Waals surface area (Å²) in [5, 5.41) is 4.82. The van der Waals surface area contributed by atoms with E-state index in [1.54, 1.807) is 13.2 Å². The third-order valence-corrected chi connectivity index (χ3v) is 3.83. The molecule has 0 aromatic heterocycles. The molecule has 1 aromatic rings. The Bertz CT molecular complexity index is 583. The van der Waals surface area contributed by atoms with E-state index in [1.165, 1.54) is 0 Å². The van der Waals surface area contributed by atoms with Crippen molar-refractivity contribution in [1.29, 1.82) is 0 Å². The Morgan fingerprint density at radius 2 is 1.96 bits per heavy atom. The molecular formula is C17H24N4O3. The molecule has 1 saturated heterocycles. The Morgan fingerprint density at radius 1 is 1.25 bits per heavy atom. The van der Waals surface area contributed by atoms with Crippen molar-refractivity contribution in [1.82, 2.24) is 15.5 Å². The topological polar surface area (TPSA) is 73.9 Å². The minimum absolute atomic E-state index is 0.210. The molecule has 0 unspecified atom stereocenters. The first-order valence-corrected chi connectivity index (χ1v) is 7.93. The highest BCUT2D eigenvalue weighted by atomic mass is 16.5. The van der Waals surface area contributed by atoms with Crippen LogP contribution in [-0.2, 0) is 4.79 Å². The van der Waals surface area contributed by atoms with E-state index in [2.05, 4.69) is 22.1 Å². The number of amides is 3. The molecule has 0 bridgehead atoms. The summed E-state index contributed by atoms with van der Waals surface area (Å²) in [6, 6.07) is 7.41. The van der Waals surface area contributed by atoms with Crippen LogP contribution in [0, 0.1) is 0 Å². The quantitative estimate of drug-likeness (QED) is 0.755. The zero-order chi connectivity index (χ0) is 17.4. The molecule has 3 amide bonds. The molecule has 7 heteroatoms. The normalized spacial score (nSPS) is 14.8. The van der Waals surface area contributed by atoms with Gasteiger partial charge < -0.3 is 15.0 Å². The van der Waals surface area contributed by atoms with E-state index in [0.29, 0.717) is 6.54 Å². The van der Waals surface area contributed by atoms with Crippen LogP contribution in [0.3, 0.4) is 0 Å². The molecule has 1 heterocycles. The Kier molecular flexibility index (Phi) is 6.62. The molecule has 1 aliphatic heterocycles. The van der Waals surface area contributed by atoms with Gasteiger partial charge in [0.15, 0.2) is 0 Å². The van der Waals surface area contributed by atoms with Crippen molar-refractivity contribution in [2.24, 2.45) is 0 Å². The molecule has 0 atom stereocenters. The average Bonchev–Trinajstić information content (AvgIpc) is 2.60. The second kappa shape index (κ2) is 8.93. The van der Waals surface area contributed by atoms with Crippen molar-refractivity contribution in [3.8, 4) is 5.75 Å². The molecule has 2 rings (SSSR count). The fraction of sp³-hybridized carbons (Fsp3) is 0.412. The third kappa shape index (κ3) is 4.99. The first-order chi connectivity index (χ1) is 11.6. The predicted molar refractivity (Wildman–Crippen MR) is 93.4 cm³/mol. The van der Waals surface area contributed by atoms with Gasteiger partial charge in [-0.1, -0.05) is 18.2 Å². The fourth-order valence-corrected chi connectivity index (χ4v) is 2.62. The lowest BCUT2D eigenvalue weighted by Crippen LogP contribution is -2.51. The van der Waals surface area contributed by atoms with Crippen molar-refractivity contribution in [3.63, 3.8) is 0 Å². The van der Waals surface area contributed by atoms with Crippen molar-refractivity contribution in [3.05, 3.63) is 36.9 Å². The first-order valence-electron chi connectivity index (χ1n) is 7.93. The average molecular weight is 332 g/mol. The standard InChI is InChI=1S/C17H24N4O3/c1-3-8-18-17(23)19-16(22)13-20-9-11-21(12-10-20)14-6-4-5-7-15(14)24-2/h3-7H,1,8-13H2,2H3,(H2,18,19,22,23). The van der Waals surface area contributed by atoms with Crippen LogP contribution in [0.4, 0.5) is 10.5 Å². The van der Waals surface area contributed by atoms with Crippen LogP contribution in [0.2, 0.25) is 0 Å². The maximum absolute atomic E-state index is 11.9. The van der Waals surface area contributed by atoms with E-state index in [0.717, 1.165) is 37.6 Å². The van der Waals surface area contributed by atoms with E-state index in [9.17, 15) is 9.59 Å². The van der Waals surface area contributed by atoms with Gasteiger partial charge in [-0.3, -0.25) is 15.0 Å². The number of urea groups is 1. The lowest BCUT2D eigenvalue weighted by molar-refractivity contribution is -0.121. The zero-order valence-corrected chi connectivity index (χ0v) is 14.0. The Labute approximate surface area is 142 Å². The highest BCUT2D eigenvalue weighted by Crippen LogP contribution is 2.28. The number of anilines is 1. The maximum atomic E-state index is 11.9. The molecule has 0 aliphatic carbocycles. The van der Waals surface area contributed by atoms with Crippen LogP contribution in [0.5, 0.6) is 5.75 Å². The summed E-state index contributed by atoms with van der Waals surface area (Å²) in [6.07, 6.45) is 1.56. The molecule has 1 aliphatic rings. The number of hydrogen-bond donors (Lipinski definition) is 2. The van der Waals surface area contributed by atoms with Crippen molar-refractivity contribution in [2.75, 3.05) is 51.3 Å². The number of piperazine rings is 1. The number of hydrogen-bond acceptors (Lipinski definition) is 5. The van der Waals surface area contributed by atoms with Crippen molar-refractivity contribution in [2.45, 2.75) is 0 Å². The molecule has 0 spiro atoms. The van der Waals surface area contributed by atoms with Gasteiger partial charge in [0.1, 0.15) is 5.75 Å². The van der Waals surface area contributed by atoms with Crippen LogP contribution in [-0.4, -0.2) is 63.2 Å². The molecule has 1 aromatic carbocycles. The number of methoxy groups -OCH3 is 1. The lowest BCUT2D eigenvalue weighted by atomic mass is 10.2. The molecular weight excluding hydrogens is 308 g/mol. The molecule has 1 fully saturated rings. The molecule has 130 valence electrons. The second-order valence-electron chi connectivity index (χ2n) is 5.48. The molecule has 0 radical (unpaired) electrons. The Balaban J connectivity index is 1.79. The van der Waals surface area contributed by atoms with E-state index in [-0.39, 0.29) is 12.5 Å². The number of carbonyl (C=O) groups excluding carboxylic acids is 2. The van der Waals surface area contributed by atoms with E-state index >= 15 is 0 Å². The summed E-state index contributed by atoms with van der Waals surface area (Å²) >= 11 is 0. The van der Waals surface area contributed by atoms with Gasteiger partial charge in [-0.25, -0.2) is 4.79 Å². The smallest absolute Gasteiger partial charge is 0.321 e. The van der Waals surface area contributed by atoms with E-state index < -0.39 is 6.03 Å². The summed E-state index contributed by atoms with van der Waals surface area (Å²) in [4.78, 5) is 27.6. The predicted octanol–water partition coefficient (Wildman–Crippen LogP) is 0.829. The number of benzene rings is 1. The highest BCUT2D eigenvalue weighted by molar-refractivity contribution is 5.95. The number of carbonyl (C=O) groups is 2. The SMILES string of the molecule is C=CCNC(=O)NC(=O)CN1CCN(c2ccccc2OC)CC1. The minimum atomic E-state index is -0.493. The third-order valence-electron chi connectivity index (χ3n) is 3.83. The van der Waals surface area contributed by atoms with Gasteiger partial charge in [0.2, 0.25) is 5.91 Å². The zero-order valence-electron chi connectivity index (χ0n) is 14.0. The molecule has 0 saturated carbocycles. The van der Waals surface area contributed by atoms with Gasteiger partial charge >= 0.3 is 6.03 Å². The number of imide groups is 1. The van der Waals surface area contributed by atoms with Crippen LogP contribution < -0.4 is 20.3 Å². The fourth-order valence-electron chi connectivity index (χ4n) is 2.62. The largest absolute Gasteiger partial charge is 0.495 e. The summed E-state index contributed by atoms with van der Waals surface area (Å²) in [7, 11) is 1.66.